The van der Waals surface area contributed by atoms with Crippen molar-refractivity contribution in [2.24, 2.45) is 11.7 Å². The molecule has 2 aromatic rings. The lowest BCUT2D eigenvalue weighted by Crippen LogP contribution is -2.47. The zero-order chi connectivity index (χ0) is 17.6. The Labute approximate surface area is 171 Å². The molecular weight excluding hydrogens is 389 g/mol. The van der Waals surface area contributed by atoms with Crippen LogP contribution in [-0.4, -0.2) is 56.7 Å². The topological polar surface area (TPSA) is 102 Å². The van der Waals surface area contributed by atoms with Crippen molar-refractivity contribution < 1.29 is 4.79 Å². The Morgan fingerprint density at radius 2 is 1.93 bits per heavy atom. The molecule has 3 rings (SSSR count). The molecular formula is C17H27Cl2N7O. The van der Waals surface area contributed by atoms with E-state index in [1.54, 1.807) is 4.68 Å². The van der Waals surface area contributed by atoms with Gasteiger partial charge in [0, 0.05) is 13.1 Å². The second kappa shape index (κ2) is 11.1. The minimum Gasteiger partial charge on any atom is -0.341 e. The van der Waals surface area contributed by atoms with E-state index in [0.717, 1.165) is 31.6 Å². The summed E-state index contributed by atoms with van der Waals surface area (Å²) < 4.78 is 1.61. The number of carbonyl (C=O) groups is 1. The summed E-state index contributed by atoms with van der Waals surface area (Å²) in [4.78, 5) is 14.8. The third kappa shape index (κ3) is 5.54. The summed E-state index contributed by atoms with van der Waals surface area (Å²) in [6.45, 7) is 4.22. The van der Waals surface area contributed by atoms with Gasteiger partial charge in [-0.1, -0.05) is 30.2 Å². The molecule has 1 amide bonds. The molecule has 150 valence electrons. The van der Waals surface area contributed by atoms with Gasteiger partial charge in [0.25, 0.3) is 0 Å². The van der Waals surface area contributed by atoms with Crippen LogP contribution in [-0.2, 0) is 4.79 Å². The lowest BCUT2D eigenvalue weighted by atomic mass is 9.96. The first-order valence-electron chi connectivity index (χ1n) is 8.82. The van der Waals surface area contributed by atoms with Gasteiger partial charge in [-0.15, -0.1) is 24.8 Å². The average molecular weight is 416 g/mol. The highest BCUT2D eigenvalue weighted by Gasteiger charge is 2.28. The largest absolute Gasteiger partial charge is 0.341 e. The van der Waals surface area contributed by atoms with Crippen molar-refractivity contribution in [3.63, 3.8) is 0 Å². The normalized spacial score (nSPS) is 15.4. The van der Waals surface area contributed by atoms with Crippen LogP contribution in [0, 0.1) is 5.92 Å². The molecule has 1 aliphatic heterocycles. The van der Waals surface area contributed by atoms with Gasteiger partial charge in [-0.05, 0) is 54.3 Å². The van der Waals surface area contributed by atoms with Gasteiger partial charge >= 0.3 is 0 Å². The van der Waals surface area contributed by atoms with Gasteiger partial charge in [-0.2, -0.15) is 4.68 Å². The van der Waals surface area contributed by atoms with E-state index < -0.39 is 0 Å². The highest BCUT2D eigenvalue weighted by atomic mass is 35.5. The predicted molar refractivity (Wildman–Crippen MR) is 110 cm³/mol. The molecule has 0 saturated carbocycles. The second-order valence-corrected chi connectivity index (χ2v) is 6.36. The highest BCUT2D eigenvalue weighted by molar-refractivity contribution is 5.85. The first-order valence-corrected chi connectivity index (χ1v) is 8.82. The van der Waals surface area contributed by atoms with Crippen LogP contribution >= 0.6 is 24.8 Å². The van der Waals surface area contributed by atoms with E-state index in [1.165, 1.54) is 0 Å². The van der Waals surface area contributed by atoms with Crippen LogP contribution in [0.5, 0.6) is 0 Å². The Morgan fingerprint density at radius 1 is 1.26 bits per heavy atom. The number of carbonyl (C=O) groups excluding carboxylic acids is 1. The molecule has 1 fully saturated rings. The molecule has 10 heteroatoms. The van der Waals surface area contributed by atoms with E-state index in [4.69, 9.17) is 5.73 Å². The number of anilines is 1. The minimum absolute atomic E-state index is 0. The fraction of sp³-hybridized carbons (Fsp3) is 0.529. The molecule has 8 nitrogen and oxygen atoms in total. The van der Waals surface area contributed by atoms with E-state index in [0.29, 0.717) is 24.8 Å². The van der Waals surface area contributed by atoms with Crippen molar-refractivity contribution in [1.29, 1.82) is 0 Å². The Kier molecular flexibility index (Phi) is 9.48. The molecule has 0 radical (unpaired) electrons. The fourth-order valence-electron chi connectivity index (χ4n) is 3.12. The van der Waals surface area contributed by atoms with Crippen molar-refractivity contribution in [1.82, 2.24) is 25.1 Å². The number of nitrogens with one attached hydrogen (secondary N) is 1. The lowest BCUT2D eigenvalue weighted by molar-refractivity contribution is -0.133. The van der Waals surface area contributed by atoms with Crippen LogP contribution in [0.4, 0.5) is 5.95 Å². The van der Waals surface area contributed by atoms with Gasteiger partial charge in [-0.25, -0.2) is 0 Å². The number of benzene rings is 1. The standard InChI is InChI=1S/C17H25N7O.2ClH/c1-2-15(16(25)23-10-8-13(12-18)9-11-23)19-17-20-21-22-24(17)14-6-4-3-5-7-14;;/h3-7,13,15H,2,8-12,18H2,1H3,(H,19,20,22);2*1H. The number of hydrogen-bond acceptors (Lipinski definition) is 6. The Balaban J connectivity index is 0.00000182. The molecule has 1 unspecified atom stereocenters. The fourth-order valence-corrected chi connectivity index (χ4v) is 3.12. The van der Waals surface area contributed by atoms with E-state index in [2.05, 4.69) is 20.8 Å². The SMILES string of the molecule is CCC(Nc1nnnn1-c1ccccc1)C(=O)N1CCC(CN)CC1.Cl.Cl. The van der Waals surface area contributed by atoms with Gasteiger partial charge < -0.3 is 16.0 Å². The zero-order valence-corrected chi connectivity index (χ0v) is 17.0. The summed E-state index contributed by atoms with van der Waals surface area (Å²) >= 11 is 0. The molecule has 3 N–H and O–H groups in total. The molecule has 0 spiro atoms. The number of rotatable bonds is 6. The van der Waals surface area contributed by atoms with Gasteiger partial charge in [0.15, 0.2) is 0 Å². The van der Waals surface area contributed by atoms with Crippen molar-refractivity contribution >= 4 is 36.7 Å². The van der Waals surface area contributed by atoms with Crippen LogP contribution < -0.4 is 11.1 Å². The summed E-state index contributed by atoms with van der Waals surface area (Å²) in [5, 5.41) is 15.0. The number of halogens is 2. The zero-order valence-electron chi connectivity index (χ0n) is 15.3. The summed E-state index contributed by atoms with van der Waals surface area (Å²) in [6.07, 6.45) is 2.61. The van der Waals surface area contributed by atoms with E-state index in [9.17, 15) is 4.79 Å². The number of nitrogens with two attached hydrogens (primary N) is 1. The van der Waals surface area contributed by atoms with Crippen molar-refractivity contribution in [2.75, 3.05) is 25.0 Å². The third-order valence-corrected chi connectivity index (χ3v) is 4.74. The van der Waals surface area contributed by atoms with Gasteiger partial charge in [0.05, 0.1) is 5.69 Å². The van der Waals surface area contributed by atoms with Gasteiger partial charge in [0.1, 0.15) is 6.04 Å². The monoisotopic (exact) mass is 415 g/mol. The molecule has 27 heavy (non-hydrogen) atoms. The summed E-state index contributed by atoms with van der Waals surface area (Å²) in [5.41, 5.74) is 6.58. The average Bonchev–Trinajstić information content (AvgIpc) is 3.14. The summed E-state index contributed by atoms with van der Waals surface area (Å²) in [5.74, 6) is 1.10. The maximum atomic E-state index is 12.9. The number of hydrogen-bond donors (Lipinski definition) is 2. The van der Waals surface area contributed by atoms with Crippen LogP contribution in [0.25, 0.3) is 5.69 Å². The van der Waals surface area contributed by atoms with E-state index in [-0.39, 0.29) is 36.8 Å². The van der Waals surface area contributed by atoms with Crippen LogP contribution in [0.2, 0.25) is 0 Å². The number of aromatic nitrogens is 4. The number of likely N-dealkylation sites (tertiary alicyclic amines) is 1. The molecule has 1 atom stereocenters. The molecule has 1 aromatic heterocycles. The minimum atomic E-state index is -0.345. The quantitative estimate of drug-likeness (QED) is 0.746. The van der Waals surface area contributed by atoms with Crippen LogP contribution in [0.15, 0.2) is 30.3 Å². The number of tetrazole rings is 1. The Morgan fingerprint density at radius 3 is 2.52 bits per heavy atom. The molecule has 0 bridgehead atoms. The first-order chi connectivity index (χ1) is 12.2. The van der Waals surface area contributed by atoms with Gasteiger partial charge in [-0.3, -0.25) is 4.79 Å². The Hall–Kier alpha value is -1.90. The highest BCUT2D eigenvalue weighted by Crippen LogP contribution is 2.18. The molecule has 1 saturated heterocycles. The van der Waals surface area contributed by atoms with Crippen molar-refractivity contribution in [2.45, 2.75) is 32.2 Å². The number of piperidine rings is 1. The predicted octanol–water partition coefficient (Wildman–Crippen LogP) is 1.89. The number of para-hydroxylation sites is 1. The second-order valence-electron chi connectivity index (χ2n) is 6.36. The van der Waals surface area contributed by atoms with Gasteiger partial charge in [0.2, 0.25) is 11.9 Å². The van der Waals surface area contributed by atoms with Crippen LogP contribution in [0.1, 0.15) is 26.2 Å². The van der Waals surface area contributed by atoms with E-state index in [1.807, 2.05) is 42.2 Å². The maximum Gasteiger partial charge on any atom is 0.248 e. The first kappa shape index (κ1) is 23.1. The summed E-state index contributed by atoms with van der Waals surface area (Å²) in [6, 6.07) is 9.27. The molecule has 1 aliphatic rings. The maximum absolute atomic E-state index is 12.9. The molecule has 2 heterocycles. The smallest absolute Gasteiger partial charge is 0.248 e. The van der Waals surface area contributed by atoms with Crippen molar-refractivity contribution in [3.05, 3.63) is 30.3 Å². The number of amides is 1. The van der Waals surface area contributed by atoms with E-state index >= 15 is 0 Å². The molecule has 1 aromatic carbocycles. The van der Waals surface area contributed by atoms with Crippen molar-refractivity contribution in [3.8, 4) is 5.69 Å². The third-order valence-electron chi connectivity index (χ3n) is 4.74. The summed E-state index contributed by atoms with van der Waals surface area (Å²) in [7, 11) is 0. The lowest BCUT2D eigenvalue weighted by Gasteiger charge is -2.33. The molecule has 0 aliphatic carbocycles. The number of nitrogens with zero attached hydrogens (tertiary/aromatic N) is 5. The van der Waals surface area contributed by atoms with Crippen LogP contribution in [0.3, 0.4) is 0 Å². The Bertz CT molecular complexity index is 690.